The molecule has 1 amide bonds. The highest BCUT2D eigenvalue weighted by molar-refractivity contribution is 7.85. The lowest BCUT2D eigenvalue weighted by molar-refractivity contribution is -0.354. The summed E-state index contributed by atoms with van der Waals surface area (Å²) in [6.45, 7) is 10.1. The minimum absolute atomic E-state index is 0.0533. The van der Waals surface area contributed by atoms with Crippen molar-refractivity contribution in [3.8, 4) is 5.75 Å². The molecule has 6 N–H and O–H groups in total. The van der Waals surface area contributed by atoms with Gasteiger partial charge in [0.25, 0.3) is 0 Å². The van der Waals surface area contributed by atoms with Crippen molar-refractivity contribution in [2.75, 3.05) is 0 Å². The first-order valence-electron chi connectivity index (χ1n) is 11.8. The summed E-state index contributed by atoms with van der Waals surface area (Å²) in [6, 6.07) is 16.5. The van der Waals surface area contributed by atoms with Gasteiger partial charge in [-0.2, -0.15) is 0 Å². The molecule has 0 heterocycles. The van der Waals surface area contributed by atoms with Gasteiger partial charge in [0.15, 0.2) is 0 Å². The summed E-state index contributed by atoms with van der Waals surface area (Å²) in [5.74, 6) is -0.229. The monoisotopic (exact) mass is 558 g/mol. The fourth-order valence-corrected chi connectivity index (χ4v) is 3.64. The topological polar surface area (TPSA) is 188 Å². The highest BCUT2D eigenvalue weighted by Gasteiger charge is 2.34. The number of carbonyl (C=O) groups is 2. The molecule has 0 aliphatic rings. The zero-order valence-electron chi connectivity index (χ0n) is 22.7. The largest absolute Gasteiger partial charge is 0.744 e. The second-order valence-electron chi connectivity index (χ2n) is 10.1. The van der Waals surface area contributed by atoms with Crippen molar-refractivity contribution in [3.63, 3.8) is 0 Å². The van der Waals surface area contributed by atoms with E-state index in [1.807, 2.05) is 31.2 Å². The van der Waals surface area contributed by atoms with E-state index in [-0.39, 0.29) is 10.9 Å². The Bertz CT molecular complexity index is 1470. The molecule has 0 aliphatic carbocycles. The number of aryl methyl sites for hydroxylation is 1. The van der Waals surface area contributed by atoms with Gasteiger partial charge in [-0.15, -0.1) is 0 Å². The van der Waals surface area contributed by atoms with Crippen molar-refractivity contribution in [2.24, 2.45) is 11.5 Å². The summed E-state index contributed by atoms with van der Waals surface area (Å²) in [5.41, 5.74) is 10.7. The van der Waals surface area contributed by atoms with Crippen LogP contribution in [0.2, 0.25) is 0 Å². The quantitative estimate of drug-likeness (QED) is 0.119. The molecule has 3 aromatic rings. The molecule has 0 spiro atoms. The molecule has 0 saturated carbocycles. The molecule has 12 heteroatoms. The summed E-state index contributed by atoms with van der Waals surface area (Å²) >= 11 is 0. The summed E-state index contributed by atoms with van der Waals surface area (Å²) in [7, 11) is -4.27. The minimum Gasteiger partial charge on any atom is -0.744 e. The number of amides is 1. The van der Waals surface area contributed by atoms with Gasteiger partial charge in [-0.1, -0.05) is 42.0 Å². The first kappa shape index (κ1) is 31.1. The number of benzene rings is 3. The third-order valence-electron chi connectivity index (χ3n) is 5.00. The van der Waals surface area contributed by atoms with Crippen LogP contribution in [0, 0.1) is 6.92 Å². The maximum Gasteiger partial charge on any atom is 0.408 e. The number of esters is 1. The lowest BCUT2D eigenvalue weighted by Crippen LogP contribution is -2.72. The summed E-state index contributed by atoms with van der Waals surface area (Å²) in [6.07, 6.45) is -0.701. The molecule has 0 saturated heterocycles. The van der Waals surface area contributed by atoms with Crippen molar-refractivity contribution in [2.45, 2.75) is 57.6 Å². The summed E-state index contributed by atoms with van der Waals surface area (Å²) < 4.78 is 41.9. The van der Waals surface area contributed by atoms with Crippen molar-refractivity contribution in [3.05, 3.63) is 66.2 Å². The average molecular weight is 559 g/mol. The Kier molecular flexibility index (Phi) is 9.66. The zero-order chi connectivity index (χ0) is 29.6. The zero-order valence-corrected chi connectivity index (χ0v) is 23.5. The van der Waals surface area contributed by atoms with Crippen molar-refractivity contribution in [1.82, 2.24) is 5.32 Å². The number of nitrogens with one attached hydrogen (secondary N) is 2. The fourth-order valence-electron chi connectivity index (χ4n) is 3.17. The second-order valence-corrected chi connectivity index (χ2v) is 11.5. The van der Waals surface area contributed by atoms with E-state index in [0.717, 1.165) is 10.9 Å². The van der Waals surface area contributed by atoms with Gasteiger partial charge in [-0.3, -0.25) is 11.5 Å². The molecule has 39 heavy (non-hydrogen) atoms. The Morgan fingerprint density at radius 2 is 1.46 bits per heavy atom. The van der Waals surface area contributed by atoms with E-state index >= 15 is 0 Å². The Balaban J connectivity index is 0.000000404. The number of fused-ring (bicyclic) bond motifs is 1. The number of guanidine groups is 1. The van der Waals surface area contributed by atoms with E-state index in [1.54, 1.807) is 58.9 Å². The van der Waals surface area contributed by atoms with E-state index in [0.29, 0.717) is 16.8 Å². The average Bonchev–Trinajstić information content (AvgIpc) is 2.79. The first-order valence-corrected chi connectivity index (χ1v) is 13.2. The van der Waals surface area contributed by atoms with E-state index in [4.69, 9.17) is 20.9 Å². The molecule has 210 valence electrons. The number of ether oxygens (including phenoxy) is 2. The maximum absolute atomic E-state index is 12.7. The van der Waals surface area contributed by atoms with Crippen LogP contribution in [0.3, 0.4) is 0 Å². The summed E-state index contributed by atoms with van der Waals surface area (Å²) in [5, 5.41) is 4.00. The molecular formula is C27H34N4O7S. The lowest BCUT2D eigenvalue weighted by Gasteiger charge is -2.27. The second kappa shape index (κ2) is 12.1. The van der Waals surface area contributed by atoms with Crippen LogP contribution in [0.4, 0.5) is 10.5 Å². The molecule has 0 bridgehead atoms. The lowest BCUT2D eigenvalue weighted by atomic mass is 10.1. The maximum atomic E-state index is 12.7. The normalized spacial score (nSPS) is 11.6. The Morgan fingerprint density at radius 3 is 1.97 bits per heavy atom. The number of alkyl carbamates (subject to hydrolysis) is 1. The van der Waals surface area contributed by atoms with E-state index < -0.39 is 33.3 Å². The smallest absolute Gasteiger partial charge is 0.408 e. The van der Waals surface area contributed by atoms with Gasteiger partial charge in [0.05, 0.1) is 4.90 Å². The number of nitrogens with two attached hydrogens (primary N) is 2. The highest BCUT2D eigenvalue weighted by atomic mass is 32.2. The van der Waals surface area contributed by atoms with Gasteiger partial charge >= 0.3 is 18.0 Å². The molecule has 3 aromatic carbocycles. The van der Waals surface area contributed by atoms with Crippen molar-refractivity contribution < 1.29 is 37.0 Å². The van der Waals surface area contributed by atoms with Gasteiger partial charge in [0.1, 0.15) is 32.7 Å². The molecule has 0 atom stereocenters. The van der Waals surface area contributed by atoms with E-state index in [1.165, 1.54) is 12.1 Å². The predicted octanol–water partition coefficient (Wildman–Crippen LogP) is 1.93. The number of hydrogen-bond acceptors (Lipinski definition) is 7. The van der Waals surface area contributed by atoms with E-state index in [2.05, 4.69) is 10.3 Å². The van der Waals surface area contributed by atoms with Crippen LogP contribution in [-0.2, 0) is 19.6 Å². The van der Waals surface area contributed by atoms with E-state index in [9.17, 15) is 22.6 Å². The fraction of sp³-hybridized carbons (Fsp3) is 0.296. The molecule has 0 aliphatic heterocycles. The van der Waals surface area contributed by atoms with Crippen LogP contribution in [-0.4, -0.2) is 42.1 Å². The minimum atomic E-state index is -4.27. The number of rotatable bonds is 5. The van der Waals surface area contributed by atoms with Crippen molar-refractivity contribution >= 4 is 44.6 Å². The standard InChI is InChI=1S/C20H26N4O4.C7H8O3S/c1-19(2,3)28-18(26)24-20(4,5)16(25)27-15-11-10-14(23-17(21)22)12-8-6-7-9-13(12)15;1-6-2-4-7(5-3-6)11(8,9)10/h6-11H,1-5H3,(H,24,26)(H4,21,22,23);2-5H,1H3,(H,8,9,10). The summed E-state index contributed by atoms with van der Waals surface area (Å²) in [4.78, 5) is 27.4. The third kappa shape index (κ3) is 9.58. The molecule has 11 nitrogen and oxygen atoms in total. The SMILES string of the molecule is CC(C)(C)OC(=O)NC(C)(C)C(=O)Oc1ccc([NH+]=C(N)N)c2ccccc12.Cc1ccc(S(=O)(=O)[O-])cc1. The van der Waals surface area contributed by atoms with Gasteiger partial charge in [0, 0.05) is 10.8 Å². The molecule has 0 fully saturated rings. The number of hydrogen-bond donors (Lipinski definition) is 4. The van der Waals surface area contributed by atoms with Gasteiger partial charge < -0.3 is 19.3 Å². The van der Waals surface area contributed by atoms with Gasteiger partial charge in [0.2, 0.25) is 0 Å². The molecule has 0 unspecified atom stereocenters. The molecule has 0 aromatic heterocycles. The van der Waals surface area contributed by atoms with Crippen LogP contribution >= 0.6 is 0 Å². The van der Waals surface area contributed by atoms with Gasteiger partial charge in [-0.25, -0.2) is 23.0 Å². The van der Waals surface area contributed by atoms with Gasteiger partial charge in [-0.05, 0) is 65.8 Å². The van der Waals surface area contributed by atoms with Crippen LogP contribution in [0.15, 0.2) is 65.6 Å². The third-order valence-corrected chi connectivity index (χ3v) is 5.85. The Hall–Kier alpha value is -4.16. The predicted molar refractivity (Wildman–Crippen MR) is 146 cm³/mol. The molecular weight excluding hydrogens is 524 g/mol. The van der Waals surface area contributed by atoms with Crippen LogP contribution in [0.1, 0.15) is 40.2 Å². The van der Waals surface area contributed by atoms with Crippen LogP contribution in [0.25, 0.3) is 10.8 Å². The molecule has 3 rings (SSSR count). The van der Waals surface area contributed by atoms with Crippen molar-refractivity contribution in [1.29, 1.82) is 0 Å². The van der Waals surface area contributed by atoms with Crippen LogP contribution < -0.4 is 26.5 Å². The Labute approximate surface area is 227 Å². The highest BCUT2D eigenvalue weighted by Crippen LogP contribution is 2.30. The number of carbonyl (C=O) groups excluding carboxylic acids is 2. The molecule has 0 radical (unpaired) electrons. The Morgan fingerprint density at radius 1 is 0.897 bits per heavy atom. The first-order chi connectivity index (χ1) is 17.9. The van der Waals surface area contributed by atoms with Crippen LogP contribution in [0.5, 0.6) is 5.75 Å².